The summed E-state index contributed by atoms with van der Waals surface area (Å²) >= 11 is 8.38. The third-order valence-electron chi connectivity index (χ3n) is 3.81. The molecule has 0 unspecified atom stereocenters. The maximum absolute atomic E-state index is 12.2. The van der Waals surface area contributed by atoms with Crippen LogP contribution in [0.1, 0.15) is 21.9 Å². The van der Waals surface area contributed by atoms with Gasteiger partial charge in [-0.3, -0.25) is 4.79 Å². The Bertz CT molecular complexity index is 1020. The second kappa shape index (κ2) is 9.10. The van der Waals surface area contributed by atoms with E-state index in [1.165, 1.54) is 11.3 Å². The average Bonchev–Trinajstić information content (AvgIpc) is 3.24. The highest BCUT2D eigenvalue weighted by molar-refractivity contribution is 7.99. The van der Waals surface area contributed by atoms with Gasteiger partial charge in [0.05, 0.1) is 17.9 Å². The quantitative estimate of drug-likeness (QED) is 0.524. The summed E-state index contributed by atoms with van der Waals surface area (Å²) in [5.41, 5.74) is 2.28. The van der Waals surface area contributed by atoms with Crippen LogP contribution in [0.2, 0.25) is 5.02 Å². The van der Waals surface area contributed by atoms with E-state index < -0.39 is 0 Å². The van der Waals surface area contributed by atoms with Crippen molar-refractivity contribution in [3.05, 3.63) is 51.2 Å². The molecule has 144 valence electrons. The minimum absolute atomic E-state index is 0.104. The first-order valence-corrected chi connectivity index (χ1v) is 10.4. The SMILES string of the molecule is Cc1sc(NC(=O)CSc2nnc(CNc3ccc(Cl)cc3)o2)c(C#N)c1C. The Kier molecular flexibility index (Phi) is 6.57. The van der Waals surface area contributed by atoms with Crippen molar-refractivity contribution in [3.8, 4) is 6.07 Å². The smallest absolute Gasteiger partial charge is 0.277 e. The topological polar surface area (TPSA) is 104 Å². The standard InChI is InChI=1S/C18H16ClN5O2S2/c1-10-11(2)28-17(14(10)7-20)22-15(25)9-27-18-24-23-16(26-18)8-21-13-5-3-12(19)4-6-13/h3-6,21H,8-9H2,1-2H3,(H,22,25). The molecule has 1 amide bonds. The zero-order chi connectivity index (χ0) is 20.1. The predicted molar refractivity (Wildman–Crippen MR) is 111 cm³/mol. The number of halogens is 1. The number of benzene rings is 1. The fourth-order valence-corrected chi connectivity index (χ4v) is 3.99. The highest BCUT2D eigenvalue weighted by atomic mass is 35.5. The Balaban J connectivity index is 1.50. The van der Waals surface area contributed by atoms with Gasteiger partial charge in [0.1, 0.15) is 11.1 Å². The maximum Gasteiger partial charge on any atom is 0.277 e. The van der Waals surface area contributed by atoms with Gasteiger partial charge in [-0.25, -0.2) is 0 Å². The minimum Gasteiger partial charge on any atom is -0.414 e. The molecule has 0 aliphatic heterocycles. The largest absolute Gasteiger partial charge is 0.414 e. The number of hydrogen-bond acceptors (Lipinski definition) is 8. The van der Waals surface area contributed by atoms with E-state index in [2.05, 4.69) is 26.9 Å². The van der Waals surface area contributed by atoms with Crippen LogP contribution in [0.25, 0.3) is 0 Å². The van der Waals surface area contributed by atoms with Crippen molar-refractivity contribution < 1.29 is 9.21 Å². The molecule has 0 radical (unpaired) electrons. The fraction of sp³-hybridized carbons (Fsp3) is 0.222. The highest BCUT2D eigenvalue weighted by Crippen LogP contribution is 2.31. The number of nitrogens with zero attached hydrogens (tertiary/aromatic N) is 3. The summed E-state index contributed by atoms with van der Waals surface area (Å²) in [6, 6.07) is 9.40. The van der Waals surface area contributed by atoms with E-state index in [1.807, 2.05) is 26.0 Å². The van der Waals surface area contributed by atoms with Crippen molar-refractivity contribution in [2.75, 3.05) is 16.4 Å². The van der Waals surface area contributed by atoms with Gasteiger partial charge in [-0.15, -0.1) is 21.5 Å². The number of thioether (sulfide) groups is 1. The summed E-state index contributed by atoms with van der Waals surface area (Å²) in [6.45, 7) is 4.15. The summed E-state index contributed by atoms with van der Waals surface area (Å²) in [5, 5.41) is 24.6. The first-order chi connectivity index (χ1) is 13.5. The molecule has 3 rings (SSSR count). The van der Waals surface area contributed by atoms with Gasteiger partial charge < -0.3 is 15.1 Å². The van der Waals surface area contributed by atoms with E-state index in [9.17, 15) is 10.1 Å². The van der Waals surface area contributed by atoms with Crippen molar-refractivity contribution >= 4 is 51.3 Å². The molecule has 28 heavy (non-hydrogen) atoms. The molecule has 0 bridgehead atoms. The van der Waals surface area contributed by atoms with Crippen LogP contribution < -0.4 is 10.6 Å². The Morgan fingerprint density at radius 2 is 2.07 bits per heavy atom. The second-order valence-electron chi connectivity index (χ2n) is 5.76. The Morgan fingerprint density at radius 1 is 1.32 bits per heavy atom. The number of amides is 1. The van der Waals surface area contributed by atoms with E-state index in [0.717, 1.165) is 27.9 Å². The van der Waals surface area contributed by atoms with Crippen molar-refractivity contribution in [2.45, 2.75) is 25.6 Å². The summed E-state index contributed by atoms with van der Waals surface area (Å²) < 4.78 is 5.52. The Morgan fingerprint density at radius 3 is 2.79 bits per heavy atom. The van der Waals surface area contributed by atoms with Crippen LogP contribution in [-0.4, -0.2) is 21.9 Å². The average molecular weight is 434 g/mol. The summed E-state index contributed by atoms with van der Waals surface area (Å²) in [4.78, 5) is 13.2. The number of thiophene rings is 1. The van der Waals surface area contributed by atoms with Crippen molar-refractivity contribution in [3.63, 3.8) is 0 Å². The molecule has 0 spiro atoms. The zero-order valence-electron chi connectivity index (χ0n) is 15.1. The molecule has 10 heteroatoms. The van der Waals surface area contributed by atoms with Gasteiger partial charge in [0, 0.05) is 15.6 Å². The Labute approximate surface area is 175 Å². The first kappa shape index (κ1) is 20.2. The first-order valence-electron chi connectivity index (χ1n) is 8.21. The lowest BCUT2D eigenvalue weighted by Gasteiger charge is -2.03. The zero-order valence-corrected chi connectivity index (χ0v) is 17.5. The van der Waals surface area contributed by atoms with Gasteiger partial charge in [-0.05, 0) is 43.7 Å². The van der Waals surface area contributed by atoms with Gasteiger partial charge >= 0.3 is 0 Å². The maximum atomic E-state index is 12.2. The van der Waals surface area contributed by atoms with Crippen LogP contribution in [-0.2, 0) is 11.3 Å². The molecule has 2 heterocycles. The molecule has 0 aliphatic rings. The number of aryl methyl sites for hydroxylation is 1. The van der Waals surface area contributed by atoms with Crippen LogP contribution in [0.5, 0.6) is 0 Å². The number of carbonyl (C=O) groups excluding carboxylic acids is 1. The number of nitrogens with one attached hydrogen (secondary N) is 2. The van der Waals surface area contributed by atoms with Gasteiger partial charge in [0.2, 0.25) is 11.8 Å². The van der Waals surface area contributed by atoms with Crippen molar-refractivity contribution in [2.24, 2.45) is 0 Å². The van der Waals surface area contributed by atoms with E-state index in [1.54, 1.807) is 12.1 Å². The minimum atomic E-state index is -0.234. The van der Waals surface area contributed by atoms with Gasteiger partial charge in [-0.2, -0.15) is 5.26 Å². The van der Waals surface area contributed by atoms with Gasteiger partial charge in [-0.1, -0.05) is 23.4 Å². The van der Waals surface area contributed by atoms with Crippen LogP contribution in [0.15, 0.2) is 33.9 Å². The van der Waals surface area contributed by atoms with E-state index in [0.29, 0.717) is 33.2 Å². The monoisotopic (exact) mass is 433 g/mol. The van der Waals surface area contributed by atoms with Crippen molar-refractivity contribution in [1.82, 2.24) is 10.2 Å². The van der Waals surface area contributed by atoms with Crippen LogP contribution in [0.4, 0.5) is 10.7 Å². The molecule has 0 atom stereocenters. The number of nitriles is 1. The number of anilines is 2. The molecule has 7 nitrogen and oxygen atoms in total. The van der Waals surface area contributed by atoms with E-state index >= 15 is 0 Å². The molecule has 2 N–H and O–H groups in total. The lowest BCUT2D eigenvalue weighted by atomic mass is 10.2. The Hall–Kier alpha value is -2.54. The third-order valence-corrected chi connectivity index (χ3v) is 6.01. The number of carbonyl (C=O) groups is 1. The number of hydrogen-bond donors (Lipinski definition) is 2. The van der Waals surface area contributed by atoms with Crippen molar-refractivity contribution in [1.29, 1.82) is 5.26 Å². The molecule has 2 aromatic heterocycles. The molecule has 0 fully saturated rings. The van der Waals surface area contributed by atoms with Crippen LogP contribution in [0, 0.1) is 25.2 Å². The van der Waals surface area contributed by atoms with E-state index in [4.69, 9.17) is 16.0 Å². The highest BCUT2D eigenvalue weighted by Gasteiger charge is 2.16. The predicted octanol–water partition coefficient (Wildman–Crippen LogP) is 4.62. The lowest BCUT2D eigenvalue weighted by Crippen LogP contribution is -2.13. The normalized spacial score (nSPS) is 10.5. The van der Waals surface area contributed by atoms with Gasteiger partial charge in [0.25, 0.3) is 5.22 Å². The molecule has 0 aliphatic carbocycles. The fourth-order valence-electron chi connectivity index (χ4n) is 2.25. The van der Waals surface area contributed by atoms with Crippen LogP contribution in [0.3, 0.4) is 0 Å². The number of rotatable bonds is 7. The third kappa shape index (κ3) is 5.04. The molecule has 0 saturated heterocycles. The molecule has 0 saturated carbocycles. The second-order valence-corrected chi connectivity index (χ2v) is 8.35. The molecule has 1 aromatic carbocycles. The summed E-state index contributed by atoms with van der Waals surface area (Å²) in [6.07, 6.45) is 0. The summed E-state index contributed by atoms with van der Waals surface area (Å²) in [7, 11) is 0. The van der Waals surface area contributed by atoms with Crippen LogP contribution >= 0.6 is 34.7 Å². The molecular formula is C18H16ClN5O2S2. The molecule has 3 aromatic rings. The van der Waals surface area contributed by atoms with E-state index in [-0.39, 0.29) is 11.7 Å². The number of aromatic nitrogens is 2. The summed E-state index contributed by atoms with van der Waals surface area (Å²) in [5.74, 6) is 0.281. The lowest BCUT2D eigenvalue weighted by molar-refractivity contribution is -0.113. The van der Waals surface area contributed by atoms with Gasteiger partial charge in [0.15, 0.2) is 0 Å². The molecular weight excluding hydrogens is 418 g/mol.